The first-order valence-corrected chi connectivity index (χ1v) is 18.3. The normalized spacial score (nSPS) is 12.5. The molecule has 2 aromatic rings. The summed E-state index contributed by atoms with van der Waals surface area (Å²) in [4.78, 5) is 61.4. The summed E-state index contributed by atoms with van der Waals surface area (Å²) >= 11 is 0. The second kappa shape index (κ2) is 21.6. The van der Waals surface area contributed by atoms with Gasteiger partial charge in [0, 0.05) is 45.4 Å². The van der Waals surface area contributed by atoms with Gasteiger partial charge in [-0.1, -0.05) is 61.4 Å². The molecule has 12 heteroatoms. The summed E-state index contributed by atoms with van der Waals surface area (Å²) in [5.74, 6) is -0.294. The fourth-order valence-corrected chi connectivity index (χ4v) is 5.98. The van der Waals surface area contributed by atoms with Crippen molar-refractivity contribution >= 4 is 29.9 Å². The molecule has 12 nitrogen and oxygen atoms in total. The highest BCUT2D eigenvalue weighted by Crippen LogP contribution is 2.44. The van der Waals surface area contributed by atoms with Gasteiger partial charge in [0.2, 0.25) is 17.7 Å². The van der Waals surface area contributed by atoms with E-state index in [-0.39, 0.29) is 30.2 Å². The molecule has 5 N–H and O–H groups in total. The van der Waals surface area contributed by atoms with Crippen LogP contribution in [0.15, 0.2) is 48.5 Å². The van der Waals surface area contributed by atoms with E-state index in [1.165, 1.54) is 11.1 Å². The molecule has 2 aromatic carbocycles. The molecule has 1 unspecified atom stereocenters. The summed E-state index contributed by atoms with van der Waals surface area (Å²) in [6.45, 7) is 6.88. The summed E-state index contributed by atoms with van der Waals surface area (Å²) in [5, 5.41) is 13.9. The van der Waals surface area contributed by atoms with Crippen LogP contribution in [0, 0.1) is 0 Å². The molecule has 0 spiro atoms. The van der Waals surface area contributed by atoms with Gasteiger partial charge in [-0.25, -0.2) is 9.59 Å². The second-order valence-corrected chi connectivity index (χ2v) is 13.9. The lowest BCUT2D eigenvalue weighted by Gasteiger charge is -2.23. The van der Waals surface area contributed by atoms with Crippen LogP contribution in [0.1, 0.15) is 108 Å². The lowest BCUT2D eigenvalue weighted by Crippen LogP contribution is -2.48. The number of ether oxygens (including phenoxy) is 2. The highest BCUT2D eigenvalue weighted by atomic mass is 16.6. The molecule has 5 amide bonds. The smallest absolute Gasteiger partial charge is 0.408 e. The Hall–Kier alpha value is -4.61. The number of fused-ring (bicyclic) bond motifs is 3. The van der Waals surface area contributed by atoms with Crippen LogP contribution in [-0.4, -0.2) is 74.8 Å². The van der Waals surface area contributed by atoms with Gasteiger partial charge in [0.05, 0.1) is 0 Å². The van der Waals surface area contributed by atoms with E-state index in [9.17, 15) is 24.0 Å². The van der Waals surface area contributed by atoms with E-state index in [2.05, 4.69) is 50.8 Å². The van der Waals surface area contributed by atoms with Crippen LogP contribution in [-0.2, 0) is 23.9 Å². The van der Waals surface area contributed by atoms with Crippen molar-refractivity contribution in [2.24, 2.45) is 0 Å². The molecule has 0 saturated carbocycles. The summed E-state index contributed by atoms with van der Waals surface area (Å²) in [7, 11) is 1.62. The van der Waals surface area contributed by atoms with Crippen LogP contribution in [0.3, 0.4) is 0 Å². The molecule has 1 atom stereocenters. The van der Waals surface area contributed by atoms with Crippen molar-refractivity contribution in [3.63, 3.8) is 0 Å². The first kappa shape index (κ1) is 40.8. The summed E-state index contributed by atoms with van der Waals surface area (Å²) < 4.78 is 11.0. The molecule has 0 fully saturated rings. The minimum Gasteiger partial charge on any atom is -0.449 e. The Kier molecular flexibility index (Phi) is 17.3. The Labute approximate surface area is 302 Å². The maximum atomic E-state index is 13.0. The van der Waals surface area contributed by atoms with Gasteiger partial charge >= 0.3 is 12.2 Å². The third-order valence-electron chi connectivity index (χ3n) is 8.60. The maximum absolute atomic E-state index is 13.0. The molecule has 1 aliphatic rings. The third-order valence-corrected chi connectivity index (χ3v) is 8.60. The predicted octanol–water partition coefficient (Wildman–Crippen LogP) is 5.69. The summed E-state index contributed by atoms with van der Waals surface area (Å²) in [5.41, 5.74) is 3.92. The van der Waals surface area contributed by atoms with Crippen molar-refractivity contribution in [1.29, 1.82) is 0 Å². The topological polar surface area (TPSA) is 164 Å². The SMILES string of the molecule is CNC(=O)CCCCCNC(=O)CCCCCNC(=O)C(CCCCNC(=O)OCC1c2ccccc2-c2ccccc21)NC(=O)OC(C)(C)C. The monoisotopic (exact) mass is 707 g/mol. The van der Waals surface area contributed by atoms with Crippen LogP contribution >= 0.6 is 0 Å². The molecule has 3 rings (SSSR count). The zero-order valence-electron chi connectivity index (χ0n) is 30.7. The predicted molar refractivity (Wildman–Crippen MR) is 197 cm³/mol. The molecule has 0 aliphatic heterocycles. The number of hydrogen-bond donors (Lipinski definition) is 5. The van der Waals surface area contributed by atoms with Crippen LogP contribution in [0.25, 0.3) is 11.1 Å². The highest BCUT2D eigenvalue weighted by molar-refractivity contribution is 5.85. The molecule has 0 radical (unpaired) electrons. The number of benzene rings is 2. The lowest BCUT2D eigenvalue weighted by atomic mass is 9.98. The minimum atomic E-state index is -0.795. The quantitative estimate of drug-likeness (QED) is 0.104. The average molecular weight is 708 g/mol. The fourth-order valence-electron chi connectivity index (χ4n) is 5.98. The maximum Gasteiger partial charge on any atom is 0.408 e. The van der Waals surface area contributed by atoms with E-state index in [1.54, 1.807) is 27.8 Å². The molecule has 51 heavy (non-hydrogen) atoms. The summed E-state index contributed by atoms with van der Waals surface area (Å²) in [6, 6.07) is 15.6. The van der Waals surface area contributed by atoms with Gasteiger partial charge in [-0.2, -0.15) is 0 Å². The van der Waals surface area contributed by atoms with E-state index in [1.807, 2.05) is 24.3 Å². The molecule has 0 aromatic heterocycles. The van der Waals surface area contributed by atoms with Crippen molar-refractivity contribution in [2.75, 3.05) is 33.3 Å². The zero-order chi connectivity index (χ0) is 37.1. The second-order valence-electron chi connectivity index (χ2n) is 13.9. The largest absolute Gasteiger partial charge is 0.449 e. The fraction of sp³-hybridized carbons (Fsp3) is 0.564. The Morgan fingerprint density at radius 2 is 1.22 bits per heavy atom. The number of carbonyl (C=O) groups is 5. The van der Waals surface area contributed by atoms with E-state index < -0.39 is 23.8 Å². The van der Waals surface area contributed by atoms with Crippen molar-refractivity contribution in [3.05, 3.63) is 59.7 Å². The lowest BCUT2D eigenvalue weighted by molar-refractivity contribution is -0.123. The van der Waals surface area contributed by atoms with Crippen molar-refractivity contribution in [1.82, 2.24) is 26.6 Å². The first-order valence-electron chi connectivity index (χ1n) is 18.3. The van der Waals surface area contributed by atoms with E-state index in [0.29, 0.717) is 64.6 Å². The molecule has 1 aliphatic carbocycles. The number of carbonyl (C=O) groups excluding carboxylic acids is 5. The number of amides is 5. The number of nitrogens with one attached hydrogen (secondary N) is 5. The van der Waals surface area contributed by atoms with Crippen LogP contribution in [0.5, 0.6) is 0 Å². The van der Waals surface area contributed by atoms with Crippen LogP contribution in [0.2, 0.25) is 0 Å². The molecular weight excluding hydrogens is 650 g/mol. The first-order chi connectivity index (χ1) is 24.5. The Morgan fingerprint density at radius 1 is 0.667 bits per heavy atom. The van der Waals surface area contributed by atoms with Gasteiger partial charge in [-0.05, 0) is 88.0 Å². The number of alkyl carbamates (subject to hydrolysis) is 2. The van der Waals surface area contributed by atoms with Crippen LogP contribution < -0.4 is 26.6 Å². The Morgan fingerprint density at radius 3 is 1.82 bits per heavy atom. The molecule has 0 saturated heterocycles. The standard InChI is InChI=1S/C39H57N5O7/c1-39(2,3)51-38(49)44-33(36(47)42-25-15-6-8-23-35(46)41-24-14-5-7-22-34(45)40-4)21-13-16-26-43-37(48)50-27-32-30-19-11-9-17-28(30)29-18-10-12-20-31(29)32/h9-12,17-20,32-33H,5-8,13-16,21-27H2,1-4H3,(H,40,45)(H,41,46)(H,42,47)(H,43,48)(H,44,49). The van der Waals surface area contributed by atoms with Gasteiger partial charge in [0.25, 0.3) is 0 Å². The van der Waals surface area contributed by atoms with Crippen molar-refractivity contribution in [3.8, 4) is 11.1 Å². The average Bonchev–Trinajstić information content (AvgIpc) is 3.42. The summed E-state index contributed by atoms with van der Waals surface area (Å²) in [6.07, 6.45) is 5.96. The Bertz CT molecular complexity index is 1400. The highest BCUT2D eigenvalue weighted by Gasteiger charge is 2.29. The van der Waals surface area contributed by atoms with E-state index in [4.69, 9.17) is 9.47 Å². The number of hydrogen-bond acceptors (Lipinski definition) is 7. The van der Waals surface area contributed by atoms with Crippen molar-refractivity contribution < 1.29 is 33.4 Å². The van der Waals surface area contributed by atoms with E-state index >= 15 is 0 Å². The molecule has 0 bridgehead atoms. The van der Waals surface area contributed by atoms with Crippen LogP contribution in [0.4, 0.5) is 9.59 Å². The van der Waals surface area contributed by atoms with Gasteiger partial charge in [0.1, 0.15) is 18.2 Å². The van der Waals surface area contributed by atoms with Gasteiger partial charge in [-0.15, -0.1) is 0 Å². The van der Waals surface area contributed by atoms with Gasteiger partial charge < -0.3 is 36.1 Å². The molecule has 280 valence electrons. The minimum absolute atomic E-state index is 0.0000715. The van der Waals surface area contributed by atoms with E-state index in [0.717, 1.165) is 36.8 Å². The Balaban J connectivity index is 1.32. The zero-order valence-corrected chi connectivity index (χ0v) is 30.7. The molecular formula is C39H57N5O7. The third kappa shape index (κ3) is 15.0. The number of unbranched alkanes of at least 4 members (excludes halogenated alkanes) is 5. The molecule has 0 heterocycles. The van der Waals surface area contributed by atoms with Gasteiger partial charge in [-0.3, -0.25) is 14.4 Å². The van der Waals surface area contributed by atoms with Gasteiger partial charge in [0.15, 0.2) is 0 Å². The van der Waals surface area contributed by atoms with Crippen molar-refractivity contribution in [2.45, 2.75) is 109 Å². The number of rotatable bonds is 21.